The molecule has 162 valence electrons. The molecule has 0 spiro atoms. The number of aromatic nitrogens is 2. The molecule has 2 heterocycles. The third-order valence-corrected chi connectivity index (χ3v) is 6.78. The number of piperazine rings is 1. The normalized spacial score (nSPS) is 15.9. The van der Waals surface area contributed by atoms with E-state index in [2.05, 4.69) is 4.98 Å². The highest BCUT2D eigenvalue weighted by Gasteiger charge is 2.36. The Morgan fingerprint density at radius 3 is 2.43 bits per heavy atom. The third-order valence-electron chi connectivity index (χ3n) is 4.56. The lowest BCUT2D eigenvalue weighted by atomic mass is 10.2. The van der Waals surface area contributed by atoms with Crippen molar-refractivity contribution in [2.75, 3.05) is 26.2 Å². The molecule has 13 heteroatoms. The van der Waals surface area contributed by atoms with E-state index >= 15 is 0 Å². The minimum Gasteiger partial charge on any atom is -0.338 e. The maximum Gasteiger partial charge on any atom is 0.417 e. The van der Waals surface area contributed by atoms with Crippen LogP contribution < -0.4 is 5.69 Å². The average molecular weight is 465 g/mol. The molecule has 8 nitrogen and oxygen atoms in total. The Kier molecular flexibility index (Phi) is 6.20. The minimum atomic E-state index is -4.79. The molecular formula is C17H16ClF3N4O4S. The maximum absolute atomic E-state index is 13.0. The summed E-state index contributed by atoms with van der Waals surface area (Å²) in [5, 5.41) is -0.595. The summed E-state index contributed by atoms with van der Waals surface area (Å²) in [5.41, 5.74) is -1.82. The molecule has 0 saturated carbocycles. The van der Waals surface area contributed by atoms with Gasteiger partial charge in [-0.1, -0.05) is 11.6 Å². The summed E-state index contributed by atoms with van der Waals surface area (Å²) < 4.78 is 66.8. The van der Waals surface area contributed by atoms with E-state index < -0.39 is 43.3 Å². The van der Waals surface area contributed by atoms with Gasteiger partial charge in [-0.2, -0.15) is 17.5 Å². The van der Waals surface area contributed by atoms with E-state index in [4.69, 9.17) is 11.6 Å². The van der Waals surface area contributed by atoms with Crippen LogP contribution in [-0.4, -0.2) is 59.3 Å². The van der Waals surface area contributed by atoms with Crippen molar-refractivity contribution in [1.82, 2.24) is 18.8 Å². The molecule has 1 fully saturated rings. The second kappa shape index (κ2) is 8.36. The lowest BCUT2D eigenvalue weighted by molar-refractivity contribution is -0.137. The molecule has 30 heavy (non-hydrogen) atoms. The monoisotopic (exact) mass is 464 g/mol. The van der Waals surface area contributed by atoms with Crippen LogP contribution >= 0.6 is 11.6 Å². The van der Waals surface area contributed by atoms with E-state index in [0.29, 0.717) is 6.07 Å². The average Bonchev–Trinajstić information content (AvgIpc) is 2.69. The number of nitrogens with zero attached hydrogens (tertiary/aromatic N) is 4. The molecular weight excluding hydrogens is 449 g/mol. The summed E-state index contributed by atoms with van der Waals surface area (Å²) >= 11 is 5.55. The van der Waals surface area contributed by atoms with Gasteiger partial charge in [-0.05, 0) is 24.3 Å². The second-order valence-electron chi connectivity index (χ2n) is 6.45. The Morgan fingerprint density at radius 1 is 1.17 bits per heavy atom. The van der Waals surface area contributed by atoms with Gasteiger partial charge in [-0.15, -0.1) is 0 Å². The minimum absolute atomic E-state index is 0.0345. The van der Waals surface area contributed by atoms with Crippen molar-refractivity contribution in [2.45, 2.75) is 17.6 Å². The van der Waals surface area contributed by atoms with Gasteiger partial charge in [0.05, 0.1) is 15.5 Å². The van der Waals surface area contributed by atoms with Gasteiger partial charge in [0.1, 0.15) is 6.54 Å². The predicted molar refractivity (Wildman–Crippen MR) is 100 cm³/mol. The number of sulfonamides is 1. The van der Waals surface area contributed by atoms with Gasteiger partial charge >= 0.3 is 11.9 Å². The van der Waals surface area contributed by atoms with Gasteiger partial charge < -0.3 is 4.90 Å². The van der Waals surface area contributed by atoms with E-state index in [1.807, 2.05) is 0 Å². The van der Waals surface area contributed by atoms with Crippen LogP contribution in [0.2, 0.25) is 5.02 Å². The summed E-state index contributed by atoms with van der Waals surface area (Å²) in [7, 11) is -4.20. The van der Waals surface area contributed by atoms with E-state index in [9.17, 15) is 31.2 Å². The highest BCUT2D eigenvalue weighted by atomic mass is 35.5. The number of hydrogen-bond donors (Lipinski definition) is 0. The maximum atomic E-state index is 13.0. The van der Waals surface area contributed by atoms with Crippen molar-refractivity contribution in [1.29, 1.82) is 0 Å². The zero-order valence-corrected chi connectivity index (χ0v) is 16.9. The van der Waals surface area contributed by atoms with Crippen LogP contribution in [0.25, 0.3) is 0 Å². The number of amides is 1. The van der Waals surface area contributed by atoms with Crippen LogP contribution in [0.3, 0.4) is 0 Å². The lowest BCUT2D eigenvalue weighted by Crippen LogP contribution is -2.51. The summed E-state index contributed by atoms with van der Waals surface area (Å²) in [6, 6.07) is 3.91. The predicted octanol–water partition coefficient (Wildman–Crippen LogP) is 1.45. The molecule has 2 aromatic rings. The first-order valence-electron chi connectivity index (χ1n) is 8.66. The van der Waals surface area contributed by atoms with Crippen LogP contribution in [-0.2, 0) is 27.5 Å². The number of halogens is 4. The summed E-state index contributed by atoms with van der Waals surface area (Å²) in [6.45, 7) is -0.370. The number of benzene rings is 1. The molecule has 0 radical (unpaired) electrons. The molecule has 1 amide bonds. The van der Waals surface area contributed by atoms with Gasteiger partial charge in [0.15, 0.2) is 0 Å². The fourth-order valence-electron chi connectivity index (χ4n) is 2.96. The SMILES string of the molecule is O=C(Cn1cccnc1=O)N1CCN(S(=O)(=O)c2ccc(Cl)c(C(F)(F)F)c2)CC1. The quantitative estimate of drug-likeness (QED) is 0.683. The van der Waals surface area contributed by atoms with E-state index in [-0.39, 0.29) is 32.7 Å². The van der Waals surface area contributed by atoms with Crippen molar-refractivity contribution in [3.8, 4) is 0 Å². The molecule has 0 unspecified atom stereocenters. The fourth-order valence-corrected chi connectivity index (χ4v) is 4.64. The molecule has 0 bridgehead atoms. The first kappa shape index (κ1) is 22.2. The Hall–Kier alpha value is -2.44. The van der Waals surface area contributed by atoms with Crippen molar-refractivity contribution in [3.05, 3.63) is 57.7 Å². The molecule has 1 aromatic carbocycles. The molecule has 1 aliphatic rings. The molecule has 1 aromatic heterocycles. The van der Waals surface area contributed by atoms with E-state index in [1.165, 1.54) is 23.4 Å². The van der Waals surface area contributed by atoms with Crippen molar-refractivity contribution < 1.29 is 26.4 Å². The van der Waals surface area contributed by atoms with Gasteiger partial charge in [-0.25, -0.2) is 18.2 Å². The molecule has 0 aliphatic carbocycles. The van der Waals surface area contributed by atoms with Crippen LogP contribution in [0.1, 0.15) is 5.56 Å². The largest absolute Gasteiger partial charge is 0.417 e. The third kappa shape index (κ3) is 4.65. The highest BCUT2D eigenvalue weighted by Crippen LogP contribution is 2.36. The van der Waals surface area contributed by atoms with Gasteiger partial charge in [0.25, 0.3) is 0 Å². The number of hydrogen-bond acceptors (Lipinski definition) is 5. The molecule has 1 aliphatic heterocycles. The zero-order valence-electron chi connectivity index (χ0n) is 15.3. The smallest absolute Gasteiger partial charge is 0.338 e. The summed E-state index contributed by atoms with van der Waals surface area (Å²) in [4.78, 5) is 28.4. The van der Waals surface area contributed by atoms with Gasteiger partial charge in [-0.3, -0.25) is 9.36 Å². The lowest BCUT2D eigenvalue weighted by Gasteiger charge is -2.34. The van der Waals surface area contributed by atoms with Crippen LogP contribution in [0.5, 0.6) is 0 Å². The number of carbonyl (C=O) groups is 1. The van der Waals surface area contributed by atoms with Crippen molar-refractivity contribution in [3.63, 3.8) is 0 Å². The van der Waals surface area contributed by atoms with Crippen LogP contribution in [0, 0.1) is 0 Å². The fraction of sp³-hybridized carbons (Fsp3) is 0.353. The molecule has 1 saturated heterocycles. The Bertz CT molecular complexity index is 1110. The Balaban J connectivity index is 1.70. The number of alkyl halides is 3. The summed E-state index contributed by atoms with van der Waals surface area (Å²) in [6.07, 6.45) is -2.08. The standard InChI is InChI=1S/C17H16ClF3N4O4S/c18-14-3-2-12(10-13(14)17(19,20)21)30(28,29)25-8-6-23(7-9-25)15(26)11-24-5-1-4-22-16(24)27/h1-5,10H,6-9,11H2. The van der Waals surface area contributed by atoms with E-state index in [0.717, 1.165) is 21.0 Å². The first-order chi connectivity index (χ1) is 14.0. The second-order valence-corrected chi connectivity index (χ2v) is 8.80. The Morgan fingerprint density at radius 2 is 1.83 bits per heavy atom. The number of rotatable bonds is 4. The topological polar surface area (TPSA) is 92.6 Å². The molecule has 0 atom stereocenters. The van der Waals surface area contributed by atoms with Gasteiger partial charge in [0, 0.05) is 38.6 Å². The summed E-state index contributed by atoms with van der Waals surface area (Å²) in [5.74, 6) is -0.395. The molecule has 0 N–H and O–H groups in total. The molecule has 3 rings (SSSR count). The highest BCUT2D eigenvalue weighted by molar-refractivity contribution is 7.89. The van der Waals surface area contributed by atoms with Crippen LogP contribution in [0.4, 0.5) is 13.2 Å². The van der Waals surface area contributed by atoms with Crippen molar-refractivity contribution >= 4 is 27.5 Å². The van der Waals surface area contributed by atoms with Crippen molar-refractivity contribution in [2.24, 2.45) is 0 Å². The Labute approximate surface area is 174 Å². The number of carbonyl (C=O) groups excluding carboxylic acids is 1. The zero-order chi connectivity index (χ0) is 22.1. The van der Waals surface area contributed by atoms with Gasteiger partial charge in [0.2, 0.25) is 15.9 Å². The first-order valence-corrected chi connectivity index (χ1v) is 10.5. The van der Waals surface area contributed by atoms with E-state index in [1.54, 1.807) is 0 Å². The van der Waals surface area contributed by atoms with Crippen LogP contribution in [0.15, 0.2) is 46.3 Å².